The van der Waals surface area contributed by atoms with E-state index >= 15 is 0 Å². The summed E-state index contributed by atoms with van der Waals surface area (Å²) in [4.78, 5) is 33.3. The summed E-state index contributed by atoms with van der Waals surface area (Å²) in [5.74, 6) is -1.99. The SMILES string of the molecule is N[C@@H](CCN1C(=O)C=CC1=O)C(=O)O. The Labute approximate surface area is 80.0 Å². The first-order chi connectivity index (χ1) is 6.52. The number of carbonyl (C=O) groups is 3. The summed E-state index contributed by atoms with van der Waals surface area (Å²) in [5, 5.41) is 8.46. The van der Waals surface area contributed by atoms with Gasteiger partial charge in [-0.3, -0.25) is 19.3 Å². The molecule has 0 saturated heterocycles. The predicted molar refractivity (Wildman–Crippen MR) is 46.1 cm³/mol. The summed E-state index contributed by atoms with van der Waals surface area (Å²) in [6, 6.07) is -1.05. The zero-order chi connectivity index (χ0) is 10.7. The standard InChI is InChI=1S/C8H10N2O4/c9-5(8(13)14)3-4-10-6(11)1-2-7(10)12/h1-2,5H,3-4,9H2,(H,13,14)/t5-/m0/s1. The van der Waals surface area contributed by atoms with Gasteiger partial charge in [0.1, 0.15) is 6.04 Å². The molecule has 0 spiro atoms. The minimum absolute atomic E-state index is 0.0398. The fourth-order valence-electron chi connectivity index (χ4n) is 1.04. The summed E-state index contributed by atoms with van der Waals surface area (Å²) in [5.41, 5.74) is 5.22. The van der Waals surface area contributed by atoms with Gasteiger partial charge in [-0.1, -0.05) is 0 Å². The number of imide groups is 1. The monoisotopic (exact) mass is 198 g/mol. The number of nitrogens with zero attached hydrogens (tertiary/aromatic N) is 1. The second kappa shape index (κ2) is 4.01. The molecule has 3 N–H and O–H groups in total. The molecule has 0 radical (unpaired) electrons. The van der Waals surface area contributed by atoms with E-state index in [0.717, 1.165) is 17.1 Å². The molecule has 1 heterocycles. The van der Waals surface area contributed by atoms with Gasteiger partial charge in [-0.05, 0) is 6.42 Å². The molecular formula is C8H10N2O4. The third-order valence-electron chi connectivity index (χ3n) is 1.88. The van der Waals surface area contributed by atoms with E-state index in [1.54, 1.807) is 0 Å². The Morgan fingerprint density at radius 3 is 2.36 bits per heavy atom. The molecule has 0 aromatic heterocycles. The lowest BCUT2D eigenvalue weighted by Crippen LogP contribution is -2.38. The Morgan fingerprint density at radius 1 is 1.43 bits per heavy atom. The topological polar surface area (TPSA) is 101 Å². The fraction of sp³-hybridized carbons (Fsp3) is 0.375. The van der Waals surface area contributed by atoms with Crippen molar-refractivity contribution in [3.8, 4) is 0 Å². The molecule has 0 fully saturated rings. The molecule has 0 aromatic carbocycles. The van der Waals surface area contributed by atoms with Gasteiger partial charge in [0.25, 0.3) is 11.8 Å². The molecule has 1 rings (SSSR count). The average Bonchev–Trinajstić information content (AvgIpc) is 2.43. The van der Waals surface area contributed by atoms with E-state index in [-0.39, 0.29) is 13.0 Å². The summed E-state index contributed by atoms with van der Waals surface area (Å²) in [6.07, 6.45) is 2.36. The summed E-state index contributed by atoms with van der Waals surface area (Å²) >= 11 is 0. The van der Waals surface area contributed by atoms with E-state index in [1.165, 1.54) is 0 Å². The van der Waals surface area contributed by atoms with Crippen LogP contribution in [0.5, 0.6) is 0 Å². The molecule has 14 heavy (non-hydrogen) atoms. The Kier molecular flexibility index (Phi) is 2.98. The third kappa shape index (κ3) is 2.17. The number of carboxylic acids is 1. The fourth-order valence-corrected chi connectivity index (χ4v) is 1.04. The predicted octanol–water partition coefficient (Wildman–Crippen LogP) is -1.29. The van der Waals surface area contributed by atoms with Crippen molar-refractivity contribution in [2.45, 2.75) is 12.5 Å². The molecular weight excluding hydrogens is 188 g/mol. The number of rotatable bonds is 4. The van der Waals surface area contributed by atoms with Crippen molar-refractivity contribution in [3.63, 3.8) is 0 Å². The van der Waals surface area contributed by atoms with Gasteiger partial charge in [-0.2, -0.15) is 0 Å². The number of nitrogens with two attached hydrogens (primary N) is 1. The molecule has 6 heteroatoms. The van der Waals surface area contributed by atoms with Gasteiger partial charge >= 0.3 is 5.97 Å². The van der Waals surface area contributed by atoms with Crippen molar-refractivity contribution in [2.24, 2.45) is 5.73 Å². The molecule has 0 bridgehead atoms. The van der Waals surface area contributed by atoms with Crippen LogP contribution in [0.15, 0.2) is 12.2 Å². The molecule has 6 nitrogen and oxygen atoms in total. The minimum Gasteiger partial charge on any atom is -0.480 e. The highest BCUT2D eigenvalue weighted by molar-refractivity contribution is 6.12. The highest BCUT2D eigenvalue weighted by atomic mass is 16.4. The van der Waals surface area contributed by atoms with Crippen molar-refractivity contribution >= 4 is 17.8 Å². The van der Waals surface area contributed by atoms with Crippen LogP contribution >= 0.6 is 0 Å². The lowest BCUT2D eigenvalue weighted by Gasteiger charge is -2.14. The molecule has 2 amide bonds. The molecule has 76 valence electrons. The van der Waals surface area contributed by atoms with Crippen LogP contribution in [0.2, 0.25) is 0 Å². The van der Waals surface area contributed by atoms with Crippen molar-refractivity contribution in [2.75, 3.05) is 6.54 Å². The van der Waals surface area contributed by atoms with Crippen LogP contribution in [-0.2, 0) is 14.4 Å². The van der Waals surface area contributed by atoms with Crippen molar-refractivity contribution < 1.29 is 19.5 Å². The normalized spacial score (nSPS) is 17.6. The van der Waals surface area contributed by atoms with Crippen LogP contribution in [-0.4, -0.2) is 40.4 Å². The van der Waals surface area contributed by atoms with Gasteiger partial charge in [0.05, 0.1) is 0 Å². The number of amides is 2. The number of carbonyl (C=O) groups excluding carboxylic acids is 2. The zero-order valence-electron chi connectivity index (χ0n) is 7.34. The van der Waals surface area contributed by atoms with Gasteiger partial charge in [0.15, 0.2) is 0 Å². The largest absolute Gasteiger partial charge is 0.480 e. The van der Waals surface area contributed by atoms with Gasteiger partial charge < -0.3 is 10.8 Å². The van der Waals surface area contributed by atoms with E-state index in [2.05, 4.69) is 0 Å². The Balaban J connectivity index is 2.43. The van der Waals surface area contributed by atoms with Crippen LogP contribution in [0.1, 0.15) is 6.42 Å². The van der Waals surface area contributed by atoms with Gasteiger partial charge in [0.2, 0.25) is 0 Å². The van der Waals surface area contributed by atoms with Crippen LogP contribution in [0.25, 0.3) is 0 Å². The average molecular weight is 198 g/mol. The van der Waals surface area contributed by atoms with E-state index < -0.39 is 23.8 Å². The second-order valence-corrected chi connectivity index (χ2v) is 2.89. The van der Waals surface area contributed by atoms with E-state index in [1.807, 2.05) is 0 Å². The van der Waals surface area contributed by atoms with Crippen molar-refractivity contribution in [3.05, 3.63) is 12.2 Å². The van der Waals surface area contributed by atoms with Crippen molar-refractivity contribution in [1.29, 1.82) is 0 Å². The Bertz CT molecular complexity index is 292. The van der Waals surface area contributed by atoms with E-state index in [4.69, 9.17) is 10.8 Å². The quantitative estimate of drug-likeness (QED) is 0.547. The van der Waals surface area contributed by atoms with Crippen LogP contribution in [0, 0.1) is 0 Å². The summed E-state index contributed by atoms with van der Waals surface area (Å²) in [7, 11) is 0. The van der Waals surface area contributed by atoms with E-state index in [0.29, 0.717) is 0 Å². The molecule has 0 saturated carbocycles. The molecule has 1 aliphatic heterocycles. The number of hydrogen-bond acceptors (Lipinski definition) is 4. The number of hydrogen-bond donors (Lipinski definition) is 2. The van der Waals surface area contributed by atoms with Crippen LogP contribution in [0.4, 0.5) is 0 Å². The number of aliphatic carboxylic acids is 1. The number of carboxylic acid groups (broad SMARTS) is 1. The highest BCUT2D eigenvalue weighted by Gasteiger charge is 2.24. The second-order valence-electron chi connectivity index (χ2n) is 2.89. The lowest BCUT2D eigenvalue weighted by molar-refractivity contribution is -0.141. The highest BCUT2D eigenvalue weighted by Crippen LogP contribution is 2.04. The lowest BCUT2D eigenvalue weighted by atomic mass is 10.2. The smallest absolute Gasteiger partial charge is 0.320 e. The molecule has 1 atom stereocenters. The first-order valence-electron chi connectivity index (χ1n) is 4.04. The maximum atomic E-state index is 11.0. The summed E-state index contributed by atoms with van der Waals surface area (Å²) < 4.78 is 0. The first-order valence-corrected chi connectivity index (χ1v) is 4.04. The third-order valence-corrected chi connectivity index (χ3v) is 1.88. The minimum atomic E-state index is -1.14. The Morgan fingerprint density at radius 2 is 1.93 bits per heavy atom. The van der Waals surface area contributed by atoms with Crippen LogP contribution in [0.3, 0.4) is 0 Å². The van der Waals surface area contributed by atoms with Gasteiger partial charge in [-0.15, -0.1) is 0 Å². The van der Waals surface area contributed by atoms with Crippen LogP contribution < -0.4 is 5.73 Å². The maximum absolute atomic E-state index is 11.0. The molecule has 0 aromatic rings. The Hall–Kier alpha value is -1.69. The first kappa shape index (κ1) is 10.4. The molecule has 0 aliphatic carbocycles. The van der Waals surface area contributed by atoms with E-state index in [9.17, 15) is 14.4 Å². The molecule has 0 unspecified atom stereocenters. The van der Waals surface area contributed by atoms with Gasteiger partial charge in [0, 0.05) is 18.7 Å². The summed E-state index contributed by atoms with van der Waals surface area (Å²) in [6.45, 7) is 0.0398. The van der Waals surface area contributed by atoms with Crippen molar-refractivity contribution in [1.82, 2.24) is 4.90 Å². The molecule has 1 aliphatic rings. The maximum Gasteiger partial charge on any atom is 0.320 e. The zero-order valence-corrected chi connectivity index (χ0v) is 7.34. The van der Waals surface area contributed by atoms with Gasteiger partial charge in [-0.25, -0.2) is 0 Å².